The molecule has 2 N–H and O–H groups in total. The van der Waals surface area contributed by atoms with Crippen molar-refractivity contribution in [3.63, 3.8) is 0 Å². The maximum atomic E-state index is 10.7. The molecule has 0 bridgehead atoms. The van der Waals surface area contributed by atoms with Gasteiger partial charge >= 0.3 is 11.9 Å². The summed E-state index contributed by atoms with van der Waals surface area (Å²) >= 11 is 0. The standard InChI is InChI=1S/C11H20N2O3/c14-10(11(15)16)12-6-5-9-13-7-3-1-2-4-8-13/h1-9H2,(H,12,14)(H,15,16). The van der Waals surface area contributed by atoms with Crippen molar-refractivity contribution in [2.45, 2.75) is 32.1 Å². The summed E-state index contributed by atoms with van der Waals surface area (Å²) in [4.78, 5) is 23.3. The number of likely N-dealkylation sites (tertiary alicyclic amines) is 1. The van der Waals surface area contributed by atoms with E-state index in [1.807, 2.05) is 0 Å². The fraction of sp³-hybridized carbons (Fsp3) is 0.818. The van der Waals surface area contributed by atoms with E-state index in [1.165, 1.54) is 25.7 Å². The maximum absolute atomic E-state index is 10.7. The molecule has 0 radical (unpaired) electrons. The summed E-state index contributed by atoms with van der Waals surface area (Å²) in [6, 6.07) is 0. The van der Waals surface area contributed by atoms with Crippen LogP contribution in [0.2, 0.25) is 0 Å². The lowest BCUT2D eigenvalue weighted by Gasteiger charge is -2.19. The van der Waals surface area contributed by atoms with Crippen molar-refractivity contribution in [3.8, 4) is 0 Å². The first-order valence-electron chi connectivity index (χ1n) is 5.93. The molecule has 0 aromatic heterocycles. The van der Waals surface area contributed by atoms with Gasteiger partial charge in [-0.15, -0.1) is 0 Å². The quantitative estimate of drug-likeness (QED) is 0.541. The zero-order chi connectivity index (χ0) is 11.8. The first-order valence-corrected chi connectivity index (χ1v) is 5.93. The van der Waals surface area contributed by atoms with Gasteiger partial charge in [-0.2, -0.15) is 0 Å². The van der Waals surface area contributed by atoms with Crippen molar-refractivity contribution < 1.29 is 14.7 Å². The molecule has 1 aliphatic rings. The van der Waals surface area contributed by atoms with Gasteiger partial charge in [-0.1, -0.05) is 12.8 Å². The second-order valence-electron chi connectivity index (χ2n) is 4.17. The van der Waals surface area contributed by atoms with E-state index in [4.69, 9.17) is 5.11 Å². The highest BCUT2D eigenvalue weighted by atomic mass is 16.4. The van der Waals surface area contributed by atoms with Crippen molar-refractivity contribution >= 4 is 11.9 Å². The largest absolute Gasteiger partial charge is 0.474 e. The number of carbonyl (C=O) groups is 2. The first kappa shape index (κ1) is 13.0. The highest BCUT2D eigenvalue weighted by molar-refractivity contribution is 6.31. The van der Waals surface area contributed by atoms with Gasteiger partial charge in [0.25, 0.3) is 0 Å². The van der Waals surface area contributed by atoms with Crippen LogP contribution in [-0.4, -0.2) is 48.1 Å². The van der Waals surface area contributed by atoms with Crippen LogP contribution in [0.25, 0.3) is 0 Å². The van der Waals surface area contributed by atoms with Crippen LogP contribution in [-0.2, 0) is 9.59 Å². The molecule has 0 aliphatic carbocycles. The molecular weight excluding hydrogens is 208 g/mol. The van der Waals surface area contributed by atoms with Gasteiger partial charge in [0.15, 0.2) is 0 Å². The SMILES string of the molecule is O=C(O)C(=O)NCCCN1CCCCCC1. The van der Waals surface area contributed by atoms with Gasteiger partial charge in [-0.05, 0) is 38.9 Å². The van der Waals surface area contributed by atoms with Crippen molar-refractivity contribution in [3.05, 3.63) is 0 Å². The Balaban J connectivity index is 2.05. The van der Waals surface area contributed by atoms with Crippen molar-refractivity contribution in [2.75, 3.05) is 26.2 Å². The Labute approximate surface area is 95.8 Å². The zero-order valence-corrected chi connectivity index (χ0v) is 9.57. The van der Waals surface area contributed by atoms with Crippen LogP contribution in [0.3, 0.4) is 0 Å². The number of carboxylic acid groups (broad SMARTS) is 1. The molecule has 0 unspecified atom stereocenters. The third-order valence-electron chi connectivity index (χ3n) is 2.83. The maximum Gasteiger partial charge on any atom is 0.394 e. The van der Waals surface area contributed by atoms with Crippen molar-refractivity contribution in [1.82, 2.24) is 10.2 Å². The molecule has 1 fully saturated rings. The summed E-state index contributed by atoms with van der Waals surface area (Å²) in [5, 5.41) is 10.7. The third kappa shape index (κ3) is 5.11. The number of carboxylic acids is 1. The molecule has 5 nitrogen and oxygen atoms in total. The van der Waals surface area contributed by atoms with Crippen LogP contribution in [0.15, 0.2) is 0 Å². The minimum absolute atomic E-state index is 0.446. The second kappa shape index (κ2) is 7.22. The molecule has 0 aromatic rings. The average molecular weight is 228 g/mol. The fourth-order valence-corrected chi connectivity index (χ4v) is 1.94. The molecule has 16 heavy (non-hydrogen) atoms. The Morgan fingerprint density at radius 3 is 2.31 bits per heavy atom. The Hall–Kier alpha value is -1.10. The molecule has 1 saturated heterocycles. The monoisotopic (exact) mass is 228 g/mol. The first-order chi connectivity index (χ1) is 7.70. The zero-order valence-electron chi connectivity index (χ0n) is 9.57. The summed E-state index contributed by atoms with van der Waals surface area (Å²) in [5.74, 6) is -2.31. The van der Waals surface area contributed by atoms with Gasteiger partial charge in [0, 0.05) is 6.54 Å². The Kier molecular flexibility index (Phi) is 5.85. The summed E-state index contributed by atoms with van der Waals surface area (Å²) in [6.45, 7) is 3.65. The summed E-state index contributed by atoms with van der Waals surface area (Å²) in [5.41, 5.74) is 0. The number of nitrogens with one attached hydrogen (secondary N) is 1. The molecular formula is C11H20N2O3. The minimum Gasteiger partial charge on any atom is -0.474 e. The smallest absolute Gasteiger partial charge is 0.394 e. The fourth-order valence-electron chi connectivity index (χ4n) is 1.94. The van der Waals surface area contributed by atoms with Gasteiger partial charge in [0.2, 0.25) is 0 Å². The molecule has 0 atom stereocenters. The molecule has 1 aliphatic heterocycles. The van der Waals surface area contributed by atoms with Crippen LogP contribution in [0.1, 0.15) is 32.1 Å². The van der Waals surface area contributed by atoms with Gasteiger partial charge in [0.1, 0.15) is 0 Å². The van der Waals surface area contributed by atoms with Crippen molar-refractivity contribution in [1.29, 1.82) is 0 Å². The van der Waals surface area contributed by atoms with Crippen LogP contribution in [0.5, 0.6) is 0 Å². The highest BCUT2D eigenvalue weighted by Gasteiger charge is 2.11. The Morgan fingerprint density at radius 1 is 1.12 bits per heavy atom. The summed E-state index contributed by atoms with van der Waals surface area (Å²) in [6.07, 6.45) is 5.94. The highest BCUT2D eigenvalue weighted by Crippen LogP contribution is 2.09. The lowest BCUT2D eigenvalue weighted by atomic mass is 10.2. The molecule has 1 rings (SSSR count). The van der Waals surface area contributed by atoms with Crippen molar-refractivity contribution in [2.24, 2.45) is 0 Å². The topological polar surface area (TPSA) is 69.6 Å². The Bertz CT molecular complexity index is 235. The molecule has 1 heterocycles. The average Bonchev–Trinajstić information content (AvgIpc) is 2.52. The van der Waals surface area contributed by atoms with E-state index in [1.54, 1.807) is 0 Å². The van der Waals surface area contributed by atoms with Gasteiger partial charge in [-0.25, -0.2) is 4.79 Å². The van der Waals surface area contributed by atoms with Crippen LogP contribution < -0.4 is 5.32 Å². The molecule has 92 valence electrons. The van der Waals surface area contributed by atoms with Crippen LogP contribution >= 0.6 is 0 Å². The number of hydrogen-bond donors (Lipinski definition) is 2. The van der Waals surface area contributed by atoms with E-state index in [0.29, 0.717) is 6.54 Å². The summed E-state index contributed by atoms with van der Waals surface area (Å²) < 4.78 is 0. The predicted octanol–water partition coefficient (Wildman–Crippen LogP) is 0.453. The number of carbonyl (C=O) groups excluding carboxylic acids is 1. The van der Waals surface area contributed by atoms with E-state index in [9.17, 15) is 9.59 Å². The van der Waals surface area contributed by atoms with E-state index >= 15 is 0 Å². The number of rotatable bonds is 4. The molecule has 0 aromatic carbocycles. The molecule has 0 saturated carbocycles. The molecule has 0 spiro atoms. The lowest BCUT2D eigenvalue weighted by molar-refractivity contribution is -0.150. The Morgan fingerprint density at radius 2 is 1.75 bits per heavy atom. The third-order valence-corrected chi connectivity index (χ3v) is 2.83. The number of aliphatic carboxylic acids is 1. The number of nitrogens with zero attached hydrogens (tertiary/aromatic N) is 1. The molecule has 1 amide bonds. The minimum atomic E-state index is -1.41. The van der Waals surface area contributed by atoms with E-state index in [2.05, 4.69) is 10.2 Å². The normalized spacial score (nSPS) is 17.8. The van der Waals surface area contributed by atoms with Crippen LogP contribution in [0, 0.1) is 0 Å². The second-order valence-corrected chi connectivity index (χ2v) is 4.17. The van der Waals surface area contributed by atoms with E-state index in [-0.39, 0.29) is 0 Å². The van der Waals surface area contributed by atoms with E-state index < -0.39 is 11.9 Å². The summed E-state index contributed by atoms with van der Waals surface area (Å²) in [7, 11) is 0. The van der Waals surface area contributed by atoms with Gasteiger partial charge < -0.3 is 15.3 Å². The van der Waals surface area contributed by atoms with Gasteiger partial charge in [-0.3, -0.25) is 4.79 Å². The van der Waals surface area contributed by atoms with Gasteiger partial charge in [0.05, 0.1) is 0 Å². The lowest BCUT2D eigenvalue weighted by Crippen LogP contribution is -2.34. The van der Waals surface area contributed by atoms with Crippen LogP contribution in [0.4, 0.5) is 0 Å². The van der Waals surface area contributed by atoms with E-state index in [0.717, 1.165) is 26.1 Å². The number of amides is 1. The predicted molar refractivity (Wildman–Crippen MR) is 60.2 cm³/mol. The molecule has 5 heteroatoms. The number of hydrogen-bond acceptors (Lipinski definition) is 3.